The van der Waals surface area contributed by atoms with Gasteiger partial charge in [0.05, 0.1) is 54.0 Å². The summed E-state index contributed by atoms with van der Waals surface area (Å²) in [4.78, 5) is 15.2. The van der Waals surface area contributed by atoms with Crippen LogP contribution in [-0.4, -0.2) is 74.2 Å². The molecule has 41 heavy (non-hydrogen) atoms. The molecule has 1 fully saturated rings. The van der Waals surface area contributed by atoms with E-state index >= 15 is 0 Å². The molecule has 1 aromatic carbocycles. The largest absolute Gasteiger partial charge is 0.470 e. The number of sulfonamides is 1. The summed E-state index contributed by atoms with van der Waals surface area (Å²) in [5.74, 6) is 0.719. The van der Waals surface area contributed by atoms with Crippen molar-refractivity contribution >= 4 is 50.8 Å². The SMILES string of the molecule is CC(C)(C)NC[C@@H](COc1nsnc1N1CCOCC1)OC(=O)c1cc(S(N)(=O)=O)c(Cl)cc1NCc1ccco1. The van der Waals surface area contributed by atoms with E-state index in [4.69, 9.17) is 35.4 Å². The fourth-order valence-corrected chi connectivity index (χ4v) is 5.48. The first-order valence-electron chi connectivity index (χ1n) is 12.8. The smallest absolute Gasteiger partial charge is 0.340 e. The Morgan fingerprint density at radius 3 is 2.68 bits per heavy atom. The molecule has 3 aromatic rings. The normalized spacial score (nSPS) is 15.0. The van der Waals surface area contributed by atoms with E-state index in [-0.39, 0.29) is 41.5 Å². The summed E-state index contributed by atoms with van der Waals surface area (Å²) in [6.45, 7) is 8.79. The van der Waals surface area contributed by atoms with Gasteiger partial charge in [0.1, 0.15) is 23.4 Å². The predicted octanol–water partition coefficient (Wildman–Crippen LogP) is 2.87. The molecular weight excluding hydrogens is 596 g/mol. The number of primary sulfonamides is 1. The van der Waals surface area contributed by atoms with E-state index < -0.39 is 27.0 Å². The van der Waals surface area contributed by atoms with Gasteiger partial charge < -0.3 is 34.2 Å². The number of esters is 1. The molecule has 1 aliphatic rings. The van der Waals surface area contributed by atoms with Crippen LogP contribution in [0.4, 0.5) is 11.5 Å². The Bertz CT molecular complexity index is 1420. The second-order valence-electron chi connectivity index (χ2n) is 10.3. The first kappa shape index (κ1) is 31.0. The van der Waals surface area contributed by atoms with Gasteiger partial charge in [-0.3, -0.25) is 0 Å². The number of aromatic nitrogens is 2. The van der Waals surface area contributed by atoms with Crippen LogP contribution in [0.2, 0.25) is 5.02 Å². The van der Waals surface area contributed by atoms with Gasteiger partial charge in [-0.2, -0.15) is 4.37 Å². The number of carbonyl (C=O) groups is 1. The Morgan fingerprint density at radius 2 is 2.02 bits per heavy atom. The molecule has 1 aliphatic heterocycles. The van der Waals surface area contributed by atoms with E-state index in [9.17, 15) is 13.2 Å². The molecule has 1 atom stereocenters. The molecule has 3 heterocycles. The van der Waals surface area contributed by atoms with Gasteiger partial charge in [-0.25, -0.2) is 18.4 Å². The molecule has 0 unspecified atom stereocenters. The van der Waals surface area contributed by atoms with Crippen molar-refractivity contribution in [1.82, 2.24) is 14.1 Å². The van der Waals surface area contributed by atoms with Crippen molar-refractivity contribution in [2.24, 2.45) is 5.14 Å². The van der Waals surface area contributed by atoms with Gasteiger partial charge in [0.2, 0.25) is 15.8 Å². The molecule has 224 valence electrons. The zero-order valence-corrected chi connectivity index (χ0v) is 25.3. The van der Waals surface area contributed by atoms with E-state index in [1.807, 2.05) is 25.7 Å². The monoisotopic (exact) mass is 628 g/mol. The summed E-state index contributed by atoms with van der Waals surface area (Å²) in [6.07, 6.45) is 0.728. The van der Waals surface area contributed by atoms with Gasteiger partial charge in [0.15, 0.2) is 0 Å². The van der Waals surface area contributed by atoms with Gasteiger partial charge in [-0.1, -0.05) is 11.6 Å². The lowest BCUT2D eigenvalue weighted by Crippen LogP contribution is -2.44. The number of furan rings is 1. The van der Waals surface area contributed by atoms with Crippen LogP contribution >= 0.6 is 23.3 Å². The minimum atomic E-state index is -4.23. The van der Waals surface area contributed by atoms with Gasteiger partial charge in [0.25, 0.3) is 5.88 Å². The zero-order valence-electron chi connectivity index (χ0n) is 22.9. The average Bonchev–Trinajstić information content (AvgIpc) is 3.60. The molecular formula is C25H33ClN6O7S2. The summed E-state index contributed by atoms with van der Waals surface area (Å²) >= 11 is 7.24. The Kier molecular flexibility index (Phi) is 10.1. The highest BCUT2D eigenvalue weighted by Crippen LogP contribution is 2.30. The standard InChI is InChI=1S/C25H33ClN6O7S2/c1-25(2,3)29-14-17(15-38-23-22(30-40-31-23)32-6-9-36-10-7-32)39-24(33)18-11-21(41(27,34)35)19(26)12-20(18)28-13-16-5-4-8-37-16/h4-5,8,11-12,17,28-29H,6-7,9-10,13-15H2,1-3H3,(H2,27,34,35)/t17-/m0/s1. The maximum Gasteiger partial charge on any atom is 0.340 e. The van der Waals surface area contributed by atoms with Crippen molar-refractivity contribution in [3.05, 3.63) is 46.9 Å². The molecule has 0 bridgehead atoms. The number of carbonyl (C=O) groups excluding carboxylic acids is 1. The molecule has 0 spiro atoms. The third-order valence-corrected chi connectivity index (χ3v) is 7.80. The van der Waals surface area contributed by atoms with Crippen LogP contribution < -0.4 is 25.4 Å². The van der Waals surface area contributed by atoms with Gasteiger partial charge in [-0.15, -0.1) is 4.37 Å². The van der Waals surface area contributed by atoms with Crippen LogP contribution in [0, 0.1) is 0 Å². The molecule has 0 aliphatic carbocycles. The lowest BCUT2D eigenvalue weighted by Gasteiger charge is -2.28. The van der Waals surface area contributed by atoms with E-state index in [0.29, 0.717) is 43.8 Å². The van der Waals surface area contributed by atoms with E-state index in [2.05, 4.69) is 19.4 Å². The maximum absolute atomic E-state index is 13.5. The molecule has 16 heteroatoms. The topological polar surface area (TPSA) is 171 Å². The van der Waals surface area contributed by atoms with E-state index in [1.165, 1.54) is 12.3 Å². The van der Waals surface area contributed by atoms with Crippen molar-refractivity contribution in [2.45, 2.75) is 43.9 Å². The third-order valence-electron chi connectivity index (χ3n) is 5.92. The summed E-state index contributed by atoms with van der Waals surface area (Å²) in [6, 6.07) is 5.88. The van der Waals surface area contributed by atoms with E-state index in [0.717, 1.165) is 17.8 Å². The summed E-state index contributed by atoms with van der Waals surface area (Å²) < 4.78 is 55.6. The van der Waals surface area contributed by atoms with Crippen LogP contribution in [0.5, 0.6) is 5.88 Å². The van der Waals surface area contributed by atoms with Crippen LogP contribution in [0.3, 0.4) is 0 Å². The lowest BCUT2D eigenvalue weighted by molar-refractivity contribution is 0.0157. The van der Waals surface area contributed by atoms with Crippen molar-refractivity contribution < 1.29 is 31.8 Å². The van der Waals surface area contributed by atoms with Gasteiger partial charge in [0, 0.05) is 25.2 Å². The van der Waals surface area contributed by atoms with Crippen molar-refractivity contribution in [3.8, 4) is 5.88 Å². The van der Waals surface area contributed by atoms with Crippen LogP contribution in [-0.2, 0) is 26.0 Å². The minimum absolute atomic E-state index is 0.0393. The Morgan fingerprint density at radius 1 is 1.27 bits per heavy atom. The van der Waals surface area contributed by atoms with Crippen molar-refractivity contribution in [1.29, 1.82) is 0 Å². The highest BCUT2D eigenvalue weighted by Gasteiger charge is 2.27. The van der Waals surface area contributed by atoms with Gasteiger partial charge >= 0.3 is 5.97 Å². The molecule has 0 amide bonds. The number of hydrogen-bond donors (Lipinski definition) is 3. The summed E-state index contributed by atoms with van der Waals surface area (Å²) in [5, 5.41) is 11.6. The number of ether oxygens (including phenoxy) is 3. The predicted molar refractivity (Wildman–Crippen MR) is 154 cm³/mol. The Labute approximate surface area is 247 Å². The lowest BCUT2D eigenvalue weighted by atomic mass is 10.1. The third kappa shape index (κ3) is 8.77. The van der Waals surface area contributed by atoms with Crippen molar-refractivity contribution in [2.75, 3.05) is 49.7 Å². The fraction of sp³-hybridized carbons (Fsp3) is 0.480. The molecule has 0 radical (unpaired) electrons. The first-order valence-corrected chi connectivity index (χ1v) is 15.4. The molecule has 13 nitrogen and oxygen atoms in total. The first-order chi connectivity index (χ1) is 19.4. The number of nitrogens with one attached hydrogen (secondary N) is 2. The number of rotatable bonds is 12. The number of anilines is 2. The van der Waals surface area contributed by atoms with Crippen molar-refractivity contribution in [3.63, 3.8) is 0 Å². The van der Waals surface area contributed by atoms with E-state index in [1.54, 1.807) is 12.1 Å². The fourth-order valence-electron chi connectivity index (χ4n) is 3.86. The second kappa shape index (κ2) is 13.4. The Balaban J connectivity index is 1.56. The Hall–Kier alpha value is -2.95. The van der Waals surface area contributed by atoms with Crippen LogP contribution in [0.1, 0.15) is 36.9 Å². The molecule has 4 rings (SSSR count). The molecule has 2 aromatic heterocycles. The molecule has 4 N–H and O–H groups in total. The summed E-state index contributed by atoms with van der Waals surface area (Å²) in [7, 11) is -4.23. The highest BCUT2D eigenvalue weighted by atomic mass is 35.5. The number of benzene rings is 1. The number of nitrogens with two attached hydrogens (primary N) is 1. The van der Waals surface area contributed by atoms with Gasteiger partial charge in [-0.05, 0) is 45.0 Å². The van der Waals surface area contributed by atoms with Crippen LogP contribution in [0.25, 0.3) is 0 Å². The summed E-state index contributed by atoms with van der Waals surface area (Å²) in [5.41, 5.74) is -0.122. The average molecular weight is 629 g/mol. The minimum Gasteiger partial charge on any atom is -0.470 e. The molecule has 1 saturated heterocycles. The second-order valence-corrected chi connectivity index (χ2v) is 12.7. The number of hydrogen-bond acceptors (Lipinski definition) is 13. The highest BCUT2D eigenvalue weighted by molar-refractivity contribution is 7.89. The van der Waals surface area contributed by atoms with Crippen LogP contribution in [0.15, 0.2) is 39.8 Å². The quantitative estimate of drug-likeness (QED) is 0.251. The maximum atomic E-state index is 13.5. The molecule has 0 saturated carbocycles. The number of nitrogens with zero attached hydrogens (tertiary/aromatic N) is 3. The zero-order chi connectivity index (χ0) is 29.6. The number of halogens is 1. The number of morpholine rings is 1.